The number of methoxy groups -OCH3 is 1. The maximum absolute atomic E-state index is 13.4. The second-order valence-electron chi connectivity index (χ2n) is 9.99. The molecule has 3 heterocycles. The molecule has 0 spiro atoms. The number of aliphatic imine (C=N–C) groups is 1. The molecule has 1 saturated heterocycles. The minimum atomic E-state index is -0.221. The van der Waals surface area contributed by atoms with Crippen molar-refractivity contribution in [1.29, 1.82) is 0 Å². The van der Waals surface area contributed by atoms with Gasteiger partial charge >= 0.3 is 0 Å². The van der Waals surface area contributed by atoms with Crippen LogP contribution in [0.1, 0.15) is 36.5 Å². The van der Waals surface area contributed by atoms with Gasteiger partial charge in [0.2, 0.25) is 0 Å². The first-order valence-electron chi connectivity index (χ1n) is 12.7. The number of fused-ring (bicyclic) bond motifs is 1. The van der Waals surface area contributed by atoms with Gasteiger partial charge in [-0.1, -0.05) is 36.2 Å². The molecule has 11 heteroatoms. The lowest BCUT2D eigenvalue weighted by Gasteiger charge is -2.41. The van der Waals surface area contributed by atoms with E-state index in [4.69, 9.17) is 32.9 Å². The zero-order valence-electron chi connectivity index (χ0n) is 21.5. The highest BCUT2D eigenvalue weighted by Crippen LogP contribution is 2.37. The van der Waals surface area contributed by atoms with Crippen molar-refractivity contribution in [2.24, 2.45) is 10.9 Å². The third kappa shape index (κ3) is 5.33. The highest BCUT2D eigenvalue weighted by atomic mass is 35.5. The van der Waals surface area contributed by atoms with Crippen molar-refractivity contribution in [3.8, 4) is 0 Å². The normalized spacial score (nSPS) is 26.4. The number of ether oxygens (including phenoxy) is 1. The summed E-state index contributed by atoms with van der Waals surface area (Å²) in [7, 11) is 3.61. The van der Waals surface area contributed by atoms with Crippen LogP contribution in [-0.2, 0) is 4.74 Å². The molecule has 198 valence electrons. The molecule has 2 aliphatic carbocycles. The third-order valence-corrected chi connectivity index (χ3v) is 7.99. The molecule has 2 unspecified atom stereocenters. The third-order valence-electron chi connectivity index (χ3n) is 7.29. The average molecular weight is 547 g/mol. The molecule has 1 amide bonds. The van der Waals surface area contributed by atoms with E-state index in [1.807, 2.05) is 18.0 Å². The van der Waals surface area contributed by atoms with E-state index in [-0.39, 0.29) is 12.6 Å². The lowest BCUT2D eigenvalue weighted by molar-refractivity contribution is 0.0797. The van der Waals surface area contributed by atoms with Crippen molar-refractivity contribution in [3.05, 3.63) is 45.2 Å². The predicted molar refractivity (Wildman–Crippen MR) is 147 cm³/mol. The van der Waals surface area contributed by atoms with Crippen molar-refractivity contribution in [2.75, 3.05) is 58.5 Å². The van der Waals surface area contributed by atoms with Crippen LogP contribution in [0.2, 0.25) is 0 Å². The number of anilines is 1. The molecule has 0 radical (unpaired) electrons. The number of rotatable bonds is 5. The number of piperazine rings is 1. The topological polar surface area (TPSA) is 86.2 Å². The summed E-state index contributed by atoms with van der Waals surface area (Å²) in [5, 5.41) is 4.52. The first-order chi connectivity index (χ1) is 17.9. The van der Waals surface area contributed by atoms with Gasteiger partial charge in [-0.15, -0.1) is 0 Å². The van der Waals surface area contributed by atoms with Crippen LogP contribution in [0.5, 0.6) is 0 Å². The van der Waals surface area contributed by atoms with Crippen LogP contribution < -0.4 is 10.2 Å². The van der Waals surface area contributed by atoms with E-state index in [1.165, 1.54) is 5.57 Å². The van der Waals surface area contributed by atoms with Crippen LogP contribution in [0.25, 0.3) is 0 Å². The van der Waals surface area contributed by atoms with Gasteiger partial charge in [-0.05, 0) is 36.8 Å². The minimum absolute atomic E-state index is 0.221. The summed E-state index contributed by atoms with van der Waals surface area (Å²) in [5.41, 5.74) is 3.11. The molecule has 1 aromatic rings. The molecule has 1 fully saturated rings. The number of hydrogen-bond acceptors (Lipinski definition) is 8. The van der Waals surface area contributed by atoms with E-state index >= 15 is 0 Å². The van der Waals surface area contributed by atoms with Gasteiger partial charge in [0.05, 0.1) is 24.0 Å². The molecule has 2 atom stereocenters. The van der Waals surface area contributed by atoms with E-state index in [2.05, 4.69) is 33.2 Å². The number of hydrogen-bond donors (Lipinski definition) is 1. The van der Waals surface area contributed by atoms with Crippen molar-refractivity contribution < 1.29 is 9.53 Å². The number of carbonyl (C=O) groups excluding carboxylic acids is 1. The fourth-order valence-electron chi connectivity index (χ4n) is 5.69. The average Bonchev–Trinajstić information content (AvgIpc) is 2.87. The highest BCUT2D eigenvalue weighted by molar-refractivity contribution is 6.36. The zero-order valence-corrected chi connectivity index (χ0v) is 23.0. The van der Waals surface area contributed by atoms with Gasteiger partial charge in [0.25, 0.3) is 11.9 Å². The van der Waals surface area contributed by atoms with Gasteiger partial charge in [-0.3, -0.25) is 14.6 Å². The summed E-state index contributed by atoms with van der Waals surface area (Å²) in [4.78, 5) is 33.3. The number of halogens is 2. The lowest BCUT2D eigenvalue weighted by Crippen LogP contribution is -2.52. The minimum Gasteiger partial charge on any atom is -0.380 e. The van der Waals surface area contributed by atoms with Gasteiger partial charge in [0, 0.05) is 63.3 Å². The smallest absolute Gasteiger partial charge is 0.265 e. The molecule has 9 nitrogen and oxygen atoms in total. The van der Waals surface area contributed by atoms with E-state index in [9.17, 15) is 4.79 Å². The molecular formula is C26H33Cl2N7O2. The number of nitrogens with zero attached hydrogens (tertiary/aromatic N) is 6. The number of nitrogens with one attached hydrogen (secondary N) is 1. The van der Waals surface area contributed by atoms with Gasteiger partial charge < -0.3 is 15.0 Å². The van der Waals surface area contributed by atoms with Crippen LogP contribution in [0, 0.1) is 5.92 Å². The maximum Gasteiger partial charge on any atom is 0.265 e. The Balaban J connectivity index is 1.42. The van der Waals surface area contributed by atoms with Gasteiger partial charge in [-0.25, -0.2) is 9.98 Å². The van der Waals surface area contributed by atoms with Crippen LogP contribution >= 0.6 is 23.2 Å². The fraction of sp³-hybridized carbons (Fsp3) is 0.538. The summed E-state index contributed by atoms with van der Waals surface area (Å²) >= 11 is 12.9. The summed E-state index contributed by atoms with van der Waals surface area (Å²) in [6.07, 6.45) is 7.83. The number of aromatic nitrogens is 2. The largest absolute Gasteiger partial charge is 0.380 e. The first-order valence-corrected chi connectivity index (χ1v) is 13.5. The number of carbonyl (C=O) groups is 1. The Bertz CT molecular complexity index is 1190. The maximum atomic E-state index is 13.4. The fourth-order valence-corrected chi connectivity index (χ4v) is 6.37. The second-order valence-corrected chi connectivity index (χ2v) is 10.9. The van der Waals surface area contributed by atoms with Crippen molar-refractivity contribution in [3.63, 3.8) is 0 Å². The Morgan fingerprint density at radius 1 is 1.27 bits per heavy atom. The monoisotopic (exact) mass is 545 g/mol. The predicted octanol–water partition coefficient (Wildman–Crippen LogP) is 3.65. The van der Waals surface area contributed by atoms with Crippen molar-refractivity contribution in [2.45, 2.75) is 32.2 Å². The van der Waals surface area contributed by atoms with Crippen molar-refractivity contribution in [1.82, 2.24) is 25.1 Å². The highest BCUT2D eigenvalue weighted by Gasteiger charge is 2.35. The molecular weight excluding hydrogens is 513 g/mol. The van der Waals surface area contributed by atoms with Crippen molar-refractivity contribution >= 4 is 46.6 Å². The first kappa shape index (κ1) is 26.3. The Morgan fingerprint density at radius 2 is 2.05 bits per heavy atom. The molecule has 1 aromatic heterocycles. The van der Waals surface area contributed by atoms with Crippen LogP contribution in [0.4, 0.5) is 11.8 Å². The molecule has 2 aliphatic heterocycles. The summed E-state index contributed by atoms with van der Waals surface area (Å²) in [6.45, 7) is 7.17. The molecule has 5 rings (SSSR count). The SMILES string of the molecule is COCC1=CC(=Nc2ncc3c(n2)N(C)CN(C2=C(Cl)CCC=C2Cl)C3=O)CC(C)C1N1CCNCC1. The van der Waals surface area contributed by atoms with Crippen LogP contribution in [-0.4, -0.2) is 91.0 Å². The second kappa shape index (κ2) is 11.2. The van der Waals surface area contributed by atoms with Gasteiger partial charge in [-0.2, -0.15) is 4.98 Å². The molecule has 37 heavy (non-hydrogen) atoms. The van der Waals surface area contributed by atoms with E-state index in [1.54, 1.807) is 18.2 Å². The standard InChI is InChI=1S/C26H33Cl2N7O2/c1-16-11-18(12-17(14-37-3)22(16)34-9-7-29-8-10-34)31-26-30-13-19-24(32-26)33(2)15-35(25(19)36)23-20(27)5-4-6-21(23)28/h5,12-13,16,22,29H,4,6-11,14-15H2,1-3H3. The Hall–Kier alpha value is -2.30. The lowest BCUT2D eigenvalue weighted by atomic mass is 9.83. The van der Waals surface area contributed by atoms with Crippen LogP contribution in [0.15, 0.2) is 44.7 Å². The Kier molecular flexibility index (Phi) is 7.97. The quantitative estimate of drug-likeness (QED) is 0.604. The van der Waals surface area contributed by atoms with E-state index in [0.717, 1.165) is 44.7 Å². The summed E-state index contributed by atoms with van der Waals surface area (Å²) < 4.78 is 5.55. The zero-order chi connectivity index (χ0) is 26.1. The summed E-state index contributed by atoms with van der Waals surface area (Å²) in [6, 6.07) is 0.335. The molecule has 4 aliphatic rings. The Morgan fingerprint density at radius 3 is 2.78 bits per heavy atom. The van der Waals surface area contributed by atoms with E-state index in [0.29, 0.717) is 58.1 Å². The van der Waals surface area contributed by atoms with E-state index < -0.39 is 0 Å². The van der Waals surface area contributed by atoms with Gasteiger partial charge in [0.15, 0.2) is 0 Å². The number of amides is 1. The molecule has 0 aromatic carbocycles. The molecule has 1 N–H and O–H groups in total. The van der Waals surface area contributed by atoms with Crippen LogP contribution in [0.3, 0.4) is 0 Å². The number of allylic oxidation sites excluding steroid dienone is 4. The molecule has 0 saturated carbocycles. The summed E-state index contributed by atoms with van der Waals surface area (Å²) in [5.74, 6) is 1.05. The van der Waals surface area contributed by atoms with Gasteiger partial charge in [0.1, 0.15) is 11.4 Å². The molecule has 0 bridgehead atoms. The Labute approximate surface area is 227 Å².